The first-order chi connectivity index (χ1) is 18.6. The highest BCUT2D eigenvalue weighted by Crippen LogP contribution is 2.45. The maximum atomic E-state index is 13.5. The molecule has 0 aliphatic heterocycles. The zero-order chi connectivity index (χ0) is 26.5. The van der Waals surface area contributed by atoms with Gasteiger partial charge in [0.15, 0.2) is 0 Å². The predicted octanol–water partition coefficient (Wildman–Crippen LogP) is 7.19. The molecular formula is C30H31FN2O3S2. The molecule has 0 saturated carbocycles. The summed E-state index contributed by atoms with van der Waals surface area (Å²) >= 11 is 3.20. The van der Waals surface area contributed by atoms with Gasteiger partial charge in [0.05, 0.1) is 21.9 Å². The first-order valence-corrected chi connectivity index (χ1v) is 14.7. The van der Waals surface area contributed by atoms with Crippen molar-refractivity contribution in [2.45, 2.75) is 42.2 Å². The van der Waals surface area contributed by atoms with Crippen LogP contribution in [0.5, 0.6) is 5.75 Å². The second-order valence-electron chi connectivity index (χ2n) is 9.73. The van der Waals surface area contributed by atoms with Crippen molar-refractivity contribution >= 4 is 34.7 Å². The molecular weight excluding hydrogens is 519 g/mol. The van der Waals surface area contributed by atoms with Crippen molar-refractivity contribution in [3.05, 3.63) is 93.7 Å². The third kappa shape index (κ3) is 5.97. The summed E-state index contributed by atoms with van der Waals surface area (Å²) in [5.41, 5.74) is 4.96. The van der Waals surface area contributed by atoms with Crippen LogP contribution in [0.1, 0.15) is 58.0 Å². The van der Waals surface area contributed by atoms with Crippen LogP contribution in [0.2, 0.25) is 0 Å². The molecule has 2 aromatic rings. The lowest BCUT2D eigenvalue weighted by Gasteiger charge is -2.25. The second-order valence-corrected chi connectivity index (χ2v) is 12.0. The van der Waals surface area contributed by atoms with E-state index in [0.29, 0.717) is 36.4 Å². The van der Waals surface area contributed by atoms with Gasteiger partial charge in [-0.15, -0.1) is 23.1 Å². The summed E-state index contributed by atoms with van der Waals surface area (Å²) in [4.78, 5) is 14.2. The summed E-state index contributed by atoms with van der Waals surface area (Å²) < 4.78 is 19.7. The average molecular weight is 551 g/mol. The smallest absolute Gasteiger partial charge is 0.261 e. The number of allylic oxidation sites excluding steroid dienone is 6. The predicted molar refractivity (Wildman–Crippen MR) is 153 cm³/mol. The molecule has 1 aromatic carbocycles. The van der Waals surface area contributed by atoms with Gasteiger partial charge in [-0.05, 0) is 72.9 Å². The highest BCUT2D eigenvalue weighted by atomic mass is 32.2. The van der Waals surface area contributed by atoms with Crippen LogP contribution in [0.25, 0.3) is 0 Å². The number of carbonyl (C=O) groups excluding carboxylic acids is 1. The van der Waals surface area contributed by atoms with Crippen molar-refractivity contribution in [1.29, 1.82) is 0 Å². The molecule has 0 saturated heterocycles. The van der Waals surface area contributed by atoms with Crippen molar-refractivity contribution in [3.63, 3.8) is 0 Å². The van der Waals surface area contributed by atoms with E-state index < -0.39 is 0 Å². The Kier molecular flexibility index (Phi) is 8.49. The fraction of sp³-hybridized carbons (Fsp3) is 0.333. The molecule has 0 spiro atoms. The molecule has 2 atom stereocenters. The van der Waals surface area contributed by atoms with Crippen LogP contribution in [0.3, 0.4) is 0 Å². The monoisotopic (exact) mass is 550 g/mol. The third-order valence-electron chi connectivity index (χ3n) is 7.22. The Hall–Kier alpha value is -3.10. The SMILES string of the molecule is COc1ccc(C2C/C(=N\O)c3c(SCC4=CC=CCC4)sc(C(=O)NCC4C=CC(F)=CC4)c3C2)cc1. The largest absolute Gasteiger partial charge is 0.497 e. The number of nitrogens with zero attached hydrogens (tertiary/aromatic N) is 1. The molecule has 3 aliphatic rings. The van der Waals surface area contributed by atoms with Crippen LogP contribution >= 0.6 is 23.1 Å². The number of thioether (sulfide) groups is 1. The van der Waals surface area contributed by atoms with Gasteiger partial charge in [-0.1, -0.05) is 47.2 Å². The molecule has 5 rings (SSSR count). The van der Waals surface area contributed by atoms with Gasteiger partial charge in [-0.2, -0.15) is 0 Å². The maximum absolute atomic E-state index is 13.5. The number of nitrogens with one attached hydrogen (secondary N) is 1. The minimum Gasteiger partial charge on any atom is -0.497 e. The average Bonchev–Trinajstić information content (AvgIpc) is 3.34. The van der Waals surface area contributed by atoms with E-state index in [-0.39, 0.29) is 23.6 Å². The van der Waals surface area contributed by atoms with Crippen LogP contribution in [0.4, 0.5) is 4.39 Å². The Morgan fingerprint density at radius 3 is 2.82 bits per heavy atom. The number of amides is 1. The molecule has 38 heavy (non-hydrogen) atoms. The molecule has 0 radical (unpaired) electrons. The number of hydrogen-bond donors (Lipinski definition) is 2. The van der Waals surface area contributed by atoms with Gasteiger partial charge in [-0.25, -0.2) is 4.39 Å². The number of methoxy groups -OCH3 is 1. The molecule has 8 heteroatoms. The lowest BCUT2D eigenvalue weighted by molar-refractivity contribution is 0.0952. The molecule has 2 N–H and O–H groups in total. The van der Waals surface area contributed by atoms with Crippen LogP contribution in [0.15, 0.2) is 81.5 Å². The number of carbonyl (C=O) groups is 1. The summed E-state index contributed by atoms with van der Waals surface area (Å²) in [5, 5.41) is 16.9. The first-order valence-electron chi connectivity index (χ1n) is 12.9. The Bertz CT molecular complexity index is 1340. The zero-order valence-corrected chi connectivity index (χ0v) is 22.9. The van der Waals surface area contributed by atoms with Crippen LogP contribution in [0, 0.1) is 5.92 Å². The van der Waals surface area contributed by atoms with Crippen molar-refractivity contribution in [1.82, 2.24) is 5.32 Å². The Balaban J connectivity index is 1.43. The summed E-state index contributed by atoms with van der Waals surface area (Å²) in [6.07, 6.45) is 15.2. The van der Waals surface area contributed by atoms with E-state index in [0.717, 1.165) is 45.2 Å². The van der Waals surface area contributed by atoms with Gasteiger partial charge < -0.3 is 15.3 Å². The van der Waals surface area contributed by atoms with E-state index in [4.69, 9.17) is 4.74 Å². The normalized spacial score (nSPS) is 21.6. The molecule has 2 unspecified atom stereocenters. The van der Waals surface area contributed by atoms with E-state index in [9.17, 15) is 14.4 Å². The second kappa shape index (κ2) is 12.2. The van der Waals surface area contributed by atoms with E-state index >= 15 is 0 Å². The highest BCUT2D eigenvalue weighted by molar-refractivity contribution is 8.01. The quantitative estimate of drug-likeness (QED) is 0.207. The summed E-state index contributed by atoms with van der Waals surface area (Å²) in [6, 6.07) is 7.95. The lowest BCUT2D eigenvalue weighted by Crippen LogP contribution is -2.30. The van der Waals surface area contributed by atoms with E-state index in [1.165, 1.54) is 23.0 Å². The minimum absolute atomic E-state index is 0.0657. The standard InChI is InChI=1S/C30H31FN2O3S2/c1-36-24-13-9-21(10-14-24)22-15-25-27(26(16-22)33-35)30(37-18-20-5-3-2-4-6-20)38-28(25)29(34)32-17-19-7-11-23(31)12-8-19/h2-3,5,7,9-14,19,22,35H,4,6,8,15-18H2,1H3,(H,32,34)/b33-26+. The molecule has 0 fully saturated rings. The number of oxime groups is 1. The van der Waals surface area contributed by atoms with E-state index in [2.05, 4.69) is 28.7 Å². The van der Waals surface area contributed by atoms with Crippen molar-refractivity contribution in [2.75, 3.05) is 19.4 Å². The molecule has 5 nitrogen and oxygen atoms in total. The molecule has 1 amide bonds. The summed E-state index contributed by atoms with van der Waals surface area (Å²) in [5.74, 6) is 1.41. The third-order valence-corrected chi connectivity index (χ3v) is 9.83. The number of hydrogen-bond acceptors (Lipinski definition) is 6. The van der Waals surface area contributed by atoms with Crippen LogP contribution < -0.4 is 10.1 Å². The van der Waals surface area contributed by atoms with E-state index in [1.54, 1.807) is 24.9 Å². The van der Waals surface area contributed by atoms with Gasteiger partial charge >= 0.3 is 0 Å². The van der Waals surface area contributed by atoms with Gasteiger partial charge in [0.1, 0.15) is 11.6 Å². The van der Waals surface area contributed by atoms with Crippen molar-refractivity contribution in [2.24, 2.45) is 11.1 Å². The molecule has 3 aliphatic carbocycles. The van der Waals surface area contributed by atoms with Gasteiger partial charge in [-0.3, -0.25) is 4.79 Å². The number of benzene rings is 1. The highest BCUT2D eigenvalue weighted by Gasteiger charge is 2.34. The Morgan fingerprint density at radius 2 is 2.13 bits per heavy atom. The maximum Gasteiger partial charge on any atom is 0.261 e. The number of ether oxygens (including phenoxy) is 1. The minimum atomic E-state index is -0.231. The zero-order valence-electron chi connectivity index (χ0n) is 21.3. The Morgan fingerprint density at radius 1 is 1.29 bits per heavy atom. The topological polar surface area (TPSA) is 70.9 Å². The van der Waals surface area contributed by atoms with Gasteiger partial charge in [0.2, 0.25) is 0 Å². The van der Waals surface area contributed by atoms with Crippen molar-refractivity contribution in [3.8, 4) is 5.75 Å². The van der Waals surface area contributed by atoms with Gasteiger partial charge in [0.25, 0.3) is 5.91 Å². The lowest BCUT2D eigenvalue weighted by atomic mass is 9.80. The summed E-state index contributed by atoms with van der Waals surface area (Å²) in [6.45, 7) is 0.441. The summed E-state index contributed by atoms with van der Waals surface area (Å²) in [7, 11) is 1.64. The molecule has 198 valence electrons. The molecule has 1 aromatic heterocycles. The number of rotatable bonds is 8. The fourth-order valence-electron chi connectivity index (χ4n) is 5.10. The van der Waals surface area contributed by atoms with Gasteiger partial charge in [0, 0.05) is 24.3 Å². The number of thiophene rings is 1. The first kappa shape index (κ1) is 26.5. The molecule has 1 heterocycles. The van der Waals surface area contributed by atoms with Crippen LogP contribution in [-0.4, -0.2) is 36.2 Å². The number of halogens is 1. The Labute approximate surface area is 230 Å². The van der Waals surface area contributed by atoms with E-state index in [1.807, 2.05) is 30.3 Å². The van der Waals surface area contributed by atoms with Crippen molar-refractivity contribution < 1.29 is 19.1 Å². The van der Waals surface area contributed by atoms with Crippen LogP contribution in [-0.2, 0) is 6.42 Å². The number of fused-ring (bicyclic) bond motifs is 1. The molecule has 0 bridgehead atoms. The fourth-order valence-corrected chi connectivity index (χ4v) is 7.70.